The van der Waals surface area contributed by atoms with Gasteiger partial charge in [0.25, 0.3) is 5.91 Å². The molecule has 0 bridgehead atoms. The molecule has 1 aliphatic rings. The molecule has 0 radical (unpaired) electrons. The van der Waals surface area contributed by atoms with Crippen LogP contribution in [0.4, 0.5) is 0 Å². The Morgan fingerprint density at radius 3 is 2.37 bits per heavy atom. The molecular formula is C22H23N3O4S. The Morgan fingerprint density at radius 1 is 0.967 bits per heavy atom. The molecule has 0 spiro atoms. The molecule has 1 saturated heterocycles. The Labute approximate surface area is 175 Å². The number of pyridine rings is 1. The standard InChI is InChI=1S/C22H23N3O4S/c1-2-29-18-8-10-19(11-9-18)30(27,28)25-15-13-24(14-16-25)22(26)21-12-7-17-5-3-4-6-20(17)23-21/h3-12H,2,13-16H2,1H3. The van der Waals surface area contributed by atoms with Crippen molar-refractivity contribution in [2.75, 3.05) is 32.8 Å². The Hall–Kier alpha value is -2.97. The number of benzene rings is 2. The van der Waals surface area contributed by atoms with Gasteiger partial charge >= 0.3 is 0 Å². The summed E-state index contributed by atoms with van der Waals surface area (Å²) in [6, 6.07) is 17.6. The van der Waals surface area contributed by atoms with Crippen LogP contribution in [0.15, 0.2) is 65.6 Å². The van der Waals surface area contributed by atoms with E-state index in [1.54, 1.807) is 35.2 Å². The van der Waals surface area contributed by atoms with Crippen molar-refractivity contribution in [2.45, 2.75) is 11.8 Å². The van der Waals surface area contributed by atoms with Crippen molar-refractivity contribution >= 4 is 26.8 Å². The van der Waals surface area contributed by atoms with Crippen molar-refractivity contribution in [3.8, 4) is 5.75 Å². The first-order chi connectivity index (χ1) is 14.5. The molecule has 2 heterocycles. The Morgan fingerprint density at radius 2 is 1.67 bits per heavy atom. The van der Waals surface area contributed by atoms with Crippen LogP contribution in [-0.2, 0) is 10.0 Å². The minimum absolute atomic E-state index is 0.182. The largest absolute Gasteiger partial charge is 0.494 e. The molecule has 1 aromatic heterocycles. The zero-order chi connectivity index (χ0) is 21.1. The molecule has 0 N–H and O–H groups in total. The number of piperazine rings is 1. The number of nitrogens with zero attached hydrogens (tertiary/aromatic N) is 3. The van der Waals surface area contributed by atoms with Gasteiger partial charge < -0.3 is 9.64 Å². The number of aromatic nitrogens is 1. The smallest absolute Gasteiger partial charge is 0.272 e. The third-order valence-corrected chi connectivity index (χ3v) is 7.03. The fourth-order valence-electron chi connectivity index (χ4n) is 3.50. The highest BCUT2D eigenvalue weighted by Crippen LogP contribution is 2.21. The van der Waals surface area contributed by atoms with Crippen LogP contribution < -0.4 is 4.74 Å². The summed E-state index contributed by atoms with van der Waals surface area (Å²) in [5, 5.41) is 0.973. The van der Waals surface area contributed by atoms with Gasteiger partial charge in [0.15, 0.2) is 0 Å². The lowest BCUT2D eigenvalue weighted by Crippen LogP contribution is -2.50. The predicted octanol–water partition coefficient (Wildman–Crippen LogP) is 2.78. The molecule has 0 saturated carbocycles. The Balaban J connectivity index is 1.44. The molecule has 30 heavy (non-hydrogen) atoms. The number of amides is 1. The van der Waals surface area contributed by atoms with Gasteiger partial charge in [0.05, 0.1) is 17.0 Å². The van der Waals surface area contributed by atoms with Gasteiger partial charge in [-0.3, -0.25) is 4.79 Å². The zero-order valence-corrected chi connectivity index (χ0v) is 17.5. The maximum Gasteiger partial charge on any atom is 0.272 e. The van der Waals surface area contributed by atoms with E-state index in [-0.39, 0.29) is 23.9 Å². The lowest BCUT2D eigenvalue weighted by atomic mass is 10.2. The van der Waals surface area contributed by atoms with E-state index in [0.717, 1.165) is 10.9 Å². The van der Waals surface area contributed by atoms with E-state index in [0.29, 0.717) is 31.1 Å². The lowest BCUT2D eigenvalue weighted by molar-refractivity contribution is 0.0692. The Bertz CT molecular complexity index is 1150. The van der Waals surface area contributed by atoms with E-state index in [2.05, 4.69) is 4.98 Å². The van der Waals surface area contributed by atoms with E-state index < -0.39 is 10.0 Å². The van der Waals surface area contributed by atoms with E-state index in [9.17, 15) is 13.2 Å². The summed E-state index contributed by atoms with van der Waals surface area (Å²) >= 11 is 0. The predicted molar refractivity (Wildman–Crippen MR) is 114 cm³/mol. The van der Waals surface area contributed by atoms with Crippen molar-refractivity contribution < 1.29 is 17.9 Å². The summed E-state index contributed by atoms with van der Waals surface area (Å²) in [5.41, 5.74) is 1.14. The van der Waals surface area contributed by atoms with Crippen LogP contribution in [0.1, 0.15) is 17.4 Å². The number of ether oxygens (including phenoxy) is 1. The number of para-hydroxylation sites is 1. The van der Waals surface area contributed by atoms with Crippen LogP contribution in [0.2, 0.25) is 0 Å². The fourth-order valence-corrected chi connectivity index (χ4v) is 4.92. The molecule has 8 heteroatoms. The molecule has 2 aromatic carbocycles. The van der Waals surface area contributed by atoms with Crippen molar-refractivity contribution in [3.63, 3.8) is 0 Å². The van der Waals surface area contributed by atoms with Gasteiger partial charge in [-0.05, 0) is 43.3 Å². The molecule has 1 fully saturated rings. The highest BCUT2D eigenvalue weighted by molar-refractivity contribution is 7.89. The van der Waals surface area contributed by atoms with E-state index >= 15 is 0 Å². The number of sulfonamides is 1. The normalized spacial score (nSPS) is 15.3. The van der Waals surface area contributed by atoms with Gasteiger partial charge in [0.2, 0.25) is 10.0 Å². The van der Waals surface area contributed by atoms with Gasteiger partial charge in [-0.1, -0.05) is 24.3 Å². The number of rotatable bonds is 5. The molecular weight excluding hydrogens is 402 g/mol. The first-order valence-electron chi connectivity index (χ1n) is 9.87. The average Bonchev–Trinajstić information content (AvgIpc) is 2.79. The molecule has 0 atom stereocenters. The molecule has 3 aromatic rings. The zero-order valence-electron chi connectivity index (χ0n) is 16.7. The van der Waals surface area contributed by atoms with E-state index in [4.69, 9.17) is 4.74 Å². The summed E-state index contributed by atoms with van der Waals surface area (Å²) in [6.07, 6.45) is 0. The molecule has 4 rings (SSSR count). The van der Waals surface area contributed by atoms with E-state index in [1.165, 1.54) is 4.31 Å². The quantitative estimate of drug-likeness (QED) is 0.628. The second-order valence-electron chi connectivity index (χ2n) is 6.99. The number of carbonyl (C=O) groups is 1. The second-order valence-corrected chi connectivity index (χ2v) is 8.93. The highest BCUT2D eigenvalue weighted by Gasteiger charge is 2.30. The summed E-state index contributed by atoms with van der Waals surface area (Å²) in [7, 11) is -3.61. The number of carbonyl (C=O) groups excluding carboxylic acids is 1. The summed E-state index contributed by atoms with van der Waals surface area (Å²) in [4.78, 5) is 19.2. The minimum Gasteiger partial charge on any atom is -0.494 e. The van der Waals surface area contributed by atoms with Gasteiger partial charge in [-0.2, -0.15) is 4.31 Å². The molecule has 1 amide bonds. The van der Waals surface area contributed by atoms with Gasteiger partial charge in [0, 0.05) is 31.6 Å². The second kappa shape index (κ2) is 8.41. The van der Waals surface area contributed by atoms with Crippen LogP contribution in [0, 0.1) is 0 Å². The van der Waals surface area contributed by atoms with Crippen molar-refractivity contribution in [1.29, 1.82) is 0 Å². The van der Waals surface area contributed by atoms with Crippen LogP contribution in [0.5, 0.6) is 5.75 Å². The summed E-state index contributed by atoms with van der Waals surface area (Å²) in [5.74, 6) is 0.452. The first-order valence-corrected chi connectivity index (χ1v) is 11.3. The number of hydrogen-bond acceptors (Lipinski definition) is 5. The fraction of sp³-hybridized carbons (Fsp3) is 0.273. The van der Waals surface area contributed by atoms with E-state index in [1.807, 2.05) is 37.3 Å². The maximum atomic E-state index is 12.9. The molecule has 0 unspecified atom stereocenters. The number of hydrogen-bond donors (Lipinski definition) is 0. The lowest BCUT2D eigenvalue weighted by Gasteiger charge is -2.33. The van der Waals surface area contributed by atoms with Crippen molar-refractivity contribution in [2.24, 2.45) is 0 Å². The summed E-state index contributed by atoms with van der Waals surface area (Å²) in [6.45, 7) is 3.53. The molecule has 0 aliphatic carbocycles. The minimum atomic E-state index is -3.61. The maximum absolute atomic E-state index is 12.9. The van der Waals surface area contributed by atoms with Crippen molar-refractivity contribution in [3.05, 3.63) is 66.4 Å². The molecule has 7 nitrogen and oxygen atoms in total. The topological polar surface area (TPSA) is 79.8 Å². The van der Waals surface area contributed by atoms with Crippen LogP contribution in [0.25, 0.3) is 10.9 Å². The van der Waals surface area contributed by atoms with Crippen LogP contribution in [0.3, 0.4) is 0 Å². The third kappa shape index (κ3) is 4.01. The third-order valence-electron chi connectivity index (χ3n) is 5.12. The van der Waals surface area contributed by atoms with Gasteiger partial charge in [0.1, 0.15) is 11.4 Å². The number of fused-ring (bicyclic) bond motifs is 1. The monoisotopic (exact) mass is 425 g/mol. The SMILES string of the molecule is CCOc1ccc(S(=O)(=O)N2CCN(C(=O)c3ccc4ccccc4n3)CC2)cc1. The first kappa shape index (κ1) is 20.3. The van der Waals surface area contributed by atoms with Crippen LogP contribution >= 0.6 is 0 Å². The molecule has 156 valence electrons. The van der Waals surface area contributed by atoms with Gasteiger partial charge in [-0.15, -0.1) is 0 Å². The van der Waals surface area contributed by atoms with Gasteiger partial charge in [-0.25, -0.2) is 13.4 Å². The average molecular weight is 426 g/mol. The molecule has 1 aliphatic heterocycles. The van der Waals surface area contributed by atoms with Crippen molar-refractivity contribution in [1.82, 2.24) is 14.2 Å². The Kier molecular flexibility index (Phi) is 5.69. The van der Waals surface area contributed by atoms with Crippen LogP contribution in [-0.4, -0.2) is 61.3 Å². The highest BCUT2D eigenvalue weighted by atomic mass is 32.2. The summed E-state index contributed by atoms with van der Waals surface area (Å²) < 4.78 is 32.6.